The van der Waals surface area contributed by atoms with E-state index in [1.54, 1.807) is 0 Å². The van der Waals surface area contributed by atoms with E-state index in [0.717, 1.165) is 38.6 Å². The van der Waals surface area contributed by atoms with Gasteiger partial charge in [-0.05, 0) is 49.9 Å². The summed E-state index contributed by atoms with van der Waals surface area (Å²) in [6.45, 7) is 7.63. The first-order chi connectivity index (χ1) is 11.0. The summed E-state index contributed by atoms with van der Waals surface area (Å²) in [7, 11) is 1.24. The number of nitrogens with zero attached hydrogens (tertiary/aromatic N) is 3. The average Bonchev–Trinajstić information content (AvgIpc) is 2.84. The molecule has 0 saturated heterocycles. The van der Waals surface area contributed by atoms with E-state index in [-0.39, 0.29) is 16.7 Å². The van der Waals surface area contributed by atoms with Gasteiger partial charge in [-0.2, -0.15) is 13.2 Å². The van der Waals surface area contributed by atoms with Crippen LogP contribution >= 0.6 is 11.8 Å². The summed E-state index contributed by atoms with van der Waals surface area (Å²) < 4.78 is 39.0. The van der Waals surface area contributed by atoms with E-state index in [9.17, 15) is 18.0 Å². The smallest absolute Gasteiger partial charge is 0.302 e. The fourth-order valence-corrected chi connectivity index (χ4v) is 3.31. The van der Waals surface area contributed by atoms with Gasteiger partial charge >= 0.3 is 6.18 Å². The van der Waals surface area contributed by atoms with Crippen LogP contribution in [0.15, 0.2) is 11.2 Å². The summed E-state index contributed by atoms with van der Waals surface area (Å²) >= 11 is 0.956. The molecule has 0 aliphatic heterocycles. The van der Waals surface area contributed by atoms with E-state index in [2.05, 4.69) is 10.2 Å². The summed E-state index contributed by atoms with van der Waals surface area (Å²) in [4.78, 5) is 12.6. The number of carbonyl (C=O) groups excluding carboxylic acids is 1. The minimum Gasteiger partial charge on any atom is -0.302 e. The molecule has 2 aromatic rings. The molecule has 0 aliphatic rings. The number of rotatable bonds is 4. The molecule has 0 saturated carbocycles. The first kappa shape index (κ1) is 18.5. The lowest BCUT2D eigenvalue weighted by Gasteiger charge is -2.14. The minimum absolute atomic E-state index is 0.00834. The van der Waals surface area contributed by atoms with E-state index in [1.165, 1.54) is 7.05 Å². The van der Waals surface area contributed by atoms with Gasteiger partial charge in [-0.1, -0.05) is 17.8 Å². The van der Waals surface area contributed by atoms with Crippen LogP contribution in [0.1, 0.15) is 38.4 Å². The van der Waals surface area contributed by atoms with Crippen LogP contribution in [-0.4, -0.2) is 26.3 Å². The molecule has 0 atom stereocenters. The molecule has 24 heavy (non-hydrogen) atoms. The molecule has 1 aromatic heterocycles. The second kappa shape index (κ2) is 6.58. The second-order valence-corrected chi connectivity index (χ2v) is 6.65. The van der Waals surface area contributed by atoms with Crippen LogP contribution in [0.2, 0.25) is 0 Å². The molecule has 0 unspecified atom stereocenters. The number of hydrogen-bond acceptors (Lipinski definition) is 4. The van der Waals surface area contributed by atoms with Crippen LogP contribution in [0.4, 0.5) is 13.2 Å². The Labute approximate surface area is 142 Å². The van der Waals surface area contributed by atoms with Gasteiger partial charge in [-0.15, -0.1) is 10.2 Å². The standard InChI is InChI=1S/C16H18F3N3OS/c1-8-6-9(2)11(4)13(10(8)3)12(23)7-24-15-21-20-14(22(15)5)16(17,18)19/h6H,7H2,1-5H3. The Hall–Kier alpha value is -1.83. The van der Waals surface area contributed by atoms with Gasteiger partial charge in [0.1, 0.15) is 0 Å². The maximum atomic E-state index is 12.7. The first-order valence-electron chi connectivity index (χ1n) is 7.24. The molecule has 0 fully saturated rings. The van der Waals surface area contributed by atoms with Crippen molar-refractivity contribution in [3.05, 3.63) is 39.7 Å². The van der Waals surface area contributed by atoms with Gasteiger partial charge in [0.15, 0.2) is 10.9 Å². The highest BCUT2D eigenvalue weighted by Crippen LogP contribution is 2.30. The van der Waals surface area contributed by atoms with E-state index < -0.39 is 12.0 Å². The lowest BCUT2D eigenvalue weighted by atomic mass is 9.92. The van der Waals surface area contributed by atoms with Crippen LogP contribution in [0, 0.1) is 27.7 Å². The van der Waals surface area contributed by atoms with E-state index in [0.29, 0.717) is 5.56 Å². The zero-order valence-electron chi connectivity index (χ0n) is 14.1. The van der Waals surface area contributed by atoms with Gasteiger partial charge in [-0.25, -0.2) is 0 Å². The lowest BCUT2D eigenvalue weighted by molar-refractivity contribution is -0.147. The molecule has 0 aliphatic carbocycles. The predicted molar refractivity (Wildman–Crippen MR) is 86.4 cm³/mol. The molecule has 2 rings (SSSR count). The number of Topliss-reactive ketones (excluding diaryl/α,β-unsaturated/α-hetero) is 1. The second-order valence-electron chi connectivity index (χ2n) is 5.71. The monoisotopic (exact) mass is 357 g/mol. The minimum atomic E-state index is -4.56. The SMILES string of the molecule is Cc1cc(C)c(C)c(C(=O)CSc2nnc(C(F)(F)F)n2C)c1C. The third-order valence-corrected chi connectivity index (χ3v) is 5.09. The fraction of sp³-hybridized carbons (Fsp3) is 0.438. The zero-order valence-corrected chi connectivity index (χ0v) is 14.9. The van der Waals surface area contributed by atoms with E-state index in [1.807, 2.05) is 33.8 Å². The van der Waals surface area contributed by atoms with Crippen molar-refractivity contribution in [1.82, 2.24) is 14.8 Å². The normalized spacial score (nSPS) is 11.8. The highest BCUT2D eigenvalue weighted by Gasteiger charge is 2.37. The summed E-state index contributed by atoms with van der Waals surface area (Å²) in [5.74, 6) is -1.19. The number of carbonyl (C=O) groups is 1. The van der Waals surface area contributed by atoms with Crippen molar-refractivity contribution in [3.63, 3.8) is 0 Å². The van der Waals surface area contributed by atoms with Crippen molar-refractivity contribution < 1.29 is 18.0 Å². The van der Waals surface area contributed by atoms with Gasteiger partial charge in [0.2, 0.25) is 5.82 Å². The van der Waals surface area contributed by atoms with Gasteiger partial charge in [0.05, 0.1) is 5.75 Å². The van der Waals surface area contributed by atoms with Crippen LogP contribution in [0.5, 0.6) is 0 Å². The quantitative estimate of drug-likeness (QED) is 0.612. The van der Waals surface area contributed by atoms with Gasteiger partial charge in [0, 0.05) is 12.6 Å². The molecule has 0 bridgehead atoms. The summed E-state index contributed by atoms with van der Waals surface area (Å²) in [6, 6.07) is 2.02. The molecule has 0 N–H and O–H groups in total. The van der Waals surface area contributed by atoms with Gasteiger partial charge in [0.25, 0.3) is 0 Å². The third kappa shape index (κ3) is 3.48. The number of halogens is 3. The van der Waals surface area contributed by atoms with Crippen LogP contribution in [0.25, 0.3) is 0 Å². The number of benzene rings is 1. The van der Waals surface area contributed by atoms with Gasteiger partial charge in [-0.3, -0.25) is 4.79 Å². The summed E-state index contributed by atoms with van der Waals surface area (Å²) in [6.07, 6.45) is -4.56. The van der Waals surface area contributed by atoms with E-state index >= 15 is 0 Å². The maximum absolute atomic E-state index is 12.7. The summed E-state index contributed by atoms with van der Waals surface area (Å²) in [5.41, 5.74) is 4.47. The lowest BCUT2D eigenvalue weighted by Crippen LogP contribution is -2.13. The van der Waals surface area contributed by atoms with Gasteiger partial charge < -0.3 is 4.57 Å². The van der Waals surface area contributed by atoms with Crippen molar-refractivity contribution in [2.75, 3.05) is 5.75 Å². The van der Waals surface area contributed by atoms with Crippen molar-refractivity contribution in [2.45, 2.75) is 39.0 Å². The Morgan fingerprint density at radius 1 is 1.12 bits per heavy atom. The van der Waals surface area contributed by atoms with Crippen LogP contribution < -0.4 is 0 Å². The molecule has 1 heterocycles. The largest absolute Gasteiger partial charge is 0.451 e. The molecule has 8 heteroatoms. The number of aromatic nitrogens is 3. The predicted octanol–water partition coefficient (Wildman–Crippen LogP) is 4.04. The Morgan fingerprint density at radius 2 is 1.67 bits per heavy atom. The average molecular weight is 357 g/mol. The van der Waals surface area contributed by atoms with Crippen molar-refractivity contribution >= 4 is 17.5 Å². The number of thioether (sulfide) groups is 1. The summed E-state index contributed by atoms with van der Waals surface area (Å²) in [5, 5.41) is 6.75. The van der Waals surface area contributed by atoms with Crippen molar-refractivity contribution in [2.24, 2.45) is 7.05 Å². The Kier molecular flexibility index (Phi) is 5.08. The molecule has 4 nitrogen and oxygen atoms in total. The van der Waals surface area contributed by atoms with Crippen molar-refractivity contribution in [1.29, 1.82) is 0 Å². The Morgan fingerprint density at radius 3 is 2.12 bits per heavy atom. The maximum Gasteiger partial charge on any atom is 0.451 e. The highest BCUT2D eigenvalue weighted by atomic mass is 32.2. The number of alkyl halides is 3. The fourth-order valence-electron chi connectivity index (χ4n) is 2.52. The Balaban J connectivity index is 2.23. The highest BCUT2D eigenvalue weighted by molar-refractivity contribution is 7.99. The topological polar surface area (TPSA) is 47.8 Å². The molecule has 0 amide bonds. The van der Waals surface area contributed by atoms with E-state index in [4.69, 9.17) is 0 Å². The molecule has 0 spiro atoms. The third-order valence-electron chi connectivity index (χ3n) is 4.07. The van der Waals surface area contributed by atoms with Crippen molar-refractivity contribution in [3.8, 4) is 0 Å². The molecule has 130 valence electrons. The molecule has 0 radical (unpaired) electrons. The molecule has 1 aromatic carbocycles. The number of ketones is 1. The Bertz CT molecular complexity index is 771. The van der Waals surface area contributed by atoms with Crippen LogP contribution in [0.3, 0.4) is 0 Å². The molecular formula is C16H18F3N3OS. The number of aryl methyl sites for hydroxylation is 2. The zero-order chi connectivity index (χ0) is 18.2. The number of hydrogen-bond donors (Lipinski definition) is 0. The first-order valence-corrected chi connectivity index (χ1v) is 8.22. The molecular weight excluding hydrogens is 339 g/mol. The van der Waals surface area contributed by atoms with Crippen LogP contribution in [-0.2, 0) is 13.2 Å².